The van der Waals surface area contributed by atoms with Gasteiger partial charge in [0.25, 0.3) is 0 Å². The van der Waals surface area contributed by atoms with Crippen molar-refractivity contribution in [1.29, 1.82) is 0 Å². The molecule has 0 amide bonds. The largest absolute Gasteiger partial charge is 0.378 e. The van der Waals surface area contributed by atoms with Gasteiger partial charge < -0.3 is 14.8 Å². The lowest BCUT2D eigenvalue weighted by molar-refractivity contribution is 0.0459. The molecular formula is C16H28N2O2S. The Balaban J connectivity index is 2.14. The Morgan fingerprint density at radius 2 is 2.10 bits per heavy atom. The van der Waals surface area contributed by atoms with Crippen molar-refractivity contribution in [3.8, 4) is 0 Å². The minimum Gasteiger partial charge on any atom is -0.378 e. The molecule has 0 bridgehead atoms. The number of hydrogen-bond donors (Lipinski definition) is 1. The van der Waals surface area contributed by atoms with Gasteiger partial charge in [-0.1, -0.05) is 0 Å². The lowest BCUT2D eigenvalue weighted by atomic mass is 10.1. The fourth-order valence-corrected chi connectivity index (χ4v) is 3.40. The molecule has 0 saturated heterocycles. The molecule has 4 nitrogen and oxygen atoms in total. The second kappa shape index (κ2) is 7.18. The molecule has 1 aliphatic carbocycles. The monoisotopic (exact) mass is 312 g/mol. The van der Waals surface area contributed by atoms with E-state index in [4.69, 9.17) is 14.5 Å². The van der Waals surface area contributed by atoms with Gasteiger partial charge in [0, 0.05) is 30.7 Å². The lowest BCUT2D eigenvalue weighted by Gasteiger charge is -2.20. The molecule has 0 aromatic carbocycles. The first-order valence-corrected chi connectivity index (χ1v) is 8.60. The van der Waals surface area contributed by atoms with E-state index in [-0.39, 0.29) is 11.6 Å². The van der Waals surface area contributed by atoms with Crippen LogP contribution < -0.4 is 5.32 Å². The fourth-order valence-electron chi connectivity index (χ4n) is 2.25. The highest BCUT2D eigenvalue weighted by atomic mass is 32.1. The van der Waals surface area contributed by atoms with Crippen molar-refractivity contribution < 1.29 is 9.47 Å². The van der Waals surface area contributed by atoms with E-state index in [1.54, 1.807) is 18.4 Å². The molecule has 1 aromatic rings. The van der Waals surface area contributed by atoms with Gasteiger partial charge in [0.15, 0.2) is 0 Å². The predicted octanol–water partition coefficient (Wildman–Crippen LogP) is 3.67. The van der Waals surface area contributed by atoms with Gasteiger partial charge in [-0.15, -0.1) is 11.3 Å². The van der Waals surface area contributed by atoms with Gasteiger partial charge in [0.05, 0.1) is 12.3 Å². The third-order valence-corrected chi connectivity index (χ3v) is 4.65. The Labute approximate surface area is 132 Å². The van der Waals surface area contributed by atoms with E-state index in [1.165, 1.54) is 17.7 Å². The van der Waals surface area contributed by atoms with Crippen LogP contribution in [-0.2, 0) is 22.6 Å². The molecule has 1 unspecified atom stereocenters. The summed E-state index contributed by atoms with van der Waals surface area (Å²) in [6.07, 6.45) is 2.71. The number of ether oxygens (including phenoxy) is 2. The van der Waals surface area contributed by atoms with E-state index in [2.05, 4.69) is 33.0 Å². The van der Waals surface area contributed by atoms with Crippen LogP contribution in [-0.4, -0.2) is 24.2 Å². The summed E-state index contributed by atoms with van der Waals surface area (Å²) in [7, 11) is 1.72. The molecule has 1 saturated carbocycles. The summed E-state index contributed by atoms with van der Waals surface area (Å²) in [5.74, 6) is 0.662. The molecule has 1 fully saturated rings. The fraction of sp³-hybridized carbons (Fsp3) is 0.812. The van der Waals surface area contributed by atoms with E-state index in [0.717, 1.165) is 23.9 Å². The highest BCUT2D eigenvalue weighted by molar-refractivity contribution is 7.11. The summed E-state index contributed by atoms with van der Waals surface area (Å²) in [6, 6.07) is 0. The zero-order valence-electron chi connectivity index (χ0n) is 13.9. The Kier molecular flexibility index (Phi) is 5.77. The number of rotatable bonds is 8. The van der Waals surface area contributed by atoms with Crippen LogP contribution in [0.15, 0.2) is 0 Å². The maximum Gasteiger partial charge on any atom is 0.122 e. The van der Waals surface area contributed by atoms with Crippen LogP contribution in [0, 0.1) is 5.92 Å². The lowest BCUT2D eigenvalue weighted by Crippen LogP contribution is -2.35. The summed E-state index contributed by atoms with van der Waals surface area (Å²) < 4.78 is 11.2. The highest BCUT2D eigenvalue weighted by Gasteiger charge is 2.35. The molecule has 21 heavy (non-hydrogen) atoms. The van der Waals surface area contributed by atoms with E-state index in [1.807, 2.05) is 0 Å². The third-order valence-electron chi connectivity index (χ3n) is 3.49. The van der Waals surface area contributed by atoms with Crippen molar-refractivity contribution in [2.75, 3.05) is 13.7 Å². The van der Waals surface area contributed by atoms with E-state index >= 15 is 0 Å². The summed E-state index contributed by atoms with van der Waals surface area (Å²) in [4.78, 5) is 6.08. The summed E-state index contributed by atoms with van der Waals surface area (Å²) in [6.45, 7) is 10.7. The second-order valence-corrected chi connectivity index (χ2v) is 7.79. The highest BCUT2D eigenvalue weighted by Crippen LogP contribution is 2.44. The minimum absolute atomic E-state index is 0.101. The maximum atomic E-state index is 5.93. The number of aromatic nitrogens is 1. The third kappa shape index (κ3) is 5.02. The first-order chi connectivity index (χ1) is 9.94. The van der Waals surface area contributed by atoms with Crippen LogP contribution in [0.4, 0.5) is 0 Å². The molecule has 1 aliphatic rings. The van der Waals surface area contributed by atoms with Crippen LogP contribution in [0.1, 0.15) is 62.2 Å². The normalized spacial score (nSPS) is 17.2. The zero-order chi connectivity index (χ0) is 15.5. The number of thiazole rings is 1. The Morgan fingerprint density at radius 3 is 2.62 bits per heavy atom. The number of hydrogen-bond acceptors (Lipinski definition) is 5. The Morgan fingerprint density at radius 1 is 1.38 bits per heavy atom. The predicted molar refractivity (Wildman–Crippen MR) is 86.5 cm³/mol. The summed E-state index contributed by atoms with van der Waals surface area (Å²) in [5, 5.41) is 4.66. The van der Waals surface area contributed by atoms with Crippen LogP contribution in [0.2, 0.25) is 0 Å². The average Bonchev–Trinajstić information content (AvgIpc) is 3.15. The van der Waals surface area contributed by atoms with Gasteiger partial charge in [-0.25, -0.2) is 4.98 Å². The van der Waals surface area contributed by atoms with E-state index in [9.17, 15) is 0 Å². The van der Waals surface area contributed by atoms with Crippen molar-refractivity contribution in [2.24, 2.45) is 5.92 Å². The number of nitrogens with one attached hydrogen (secondary N) is 1. The van der Waals surface area contributed by atoms with Crippen LogP contribution in [0.3, 0.4) is 0 Å². The molecule has 0 radical (unpaired) electrons. The summed E-state index contributed by atoms with van der Waals surface area (Å²) in [5.41, 5.74) is 1.16. The van der Waals surface area contributed by atoms with Crippen molar-refractivity contribution in [3.05, 3.63) is 15.6 Å². The number of nitrogens with zero attached hydrogens (tertiary/aromatic N) is 1. The standard InChI is InChI=1S/C16H28N2O2S/c1-6-20-14(11-7-8-11)15-18-12(10-19-5)13(21-15)9-17-16(2,3)4/h11,14,17H,6-10H2,1-5H3. The van der Waals surface area contributed by atoms with Gasteiger partial charge in [-0.3, -0.25) is 0 Å². The molecule has 2 rings (SSSR count). The SMILES string of the molecule is CCOC(c1nc(COC)c(CNC(C)(C)C)s1)C1CC1. The topological polar surface area (TPSA) is 43.4 Å². The minimum atomic E-state index is 0.101. The van der Waals surface area contributed by atoms with Gasteiger partial charge >= 0.3 is 0 Å². The first-order valence-electron chi connectivity index (χ1n) is 7.78. The van der Waals surface area contributed by atoms with Crippen molar-refractivity contribution >= 4 is 11.3 Å². The smallest absolute Gasteiger partial charge is 0.122 e. The van der Waals surface area contributed by atoms with E-state index in [0.29, 0.717) is 12.5 Å². The first kappa shape index (κ1) is 16.9. The van der Waals surface area contributed by atoms with Crippen molar-refractivity contribution in [3.63, 3.8) is 0 Å². The zero-order valence-corrected chi connectivity index (χ0v) is 14.7. The van der Waals surface area contributed by atoms with Gasteiger partial charge in [0.2, 0.25) is 0 Å². The Bertz CT molecular complexity index is 450. The van der Waals surface area contributed by atoms with Crippen LogP contribution in [0.5, 0.6) is 0 Å². The maximum absolute atomic E-state index is 5.93. The molecule has 0 spiro atoms. The Hall–Kier alpha value is -0.490. The molecule has 1 N–H and O–H groups in total. The molecule has 1 heterocycles. The quantitative estimate of drug-likeness (QED) is 0.795. The summed E-state index contributed by atoms with van der Waals surface area (Å²) >= 11 is 1.78. The van der Waals surface area contributed by atoms with Crippen molar-refractivity contribution in [1.82, 2.24) is 10.3 Å². The van der Waals surface area contributed by atoms with Gasteiger partial charge in [-0.2, -0.15) is 0 Å². The molecule has 0 aliphatic heterocycles. The second-order valence-electron chi connectivity index (χ2n) is 6.67. The van der Waals surface area contributed by atoms with Crippen LogP contribution in [0.25, 0.3) is 0 Å². The molecule has 5 heteroatoms. The molecule has 120 valence electrons. The van der Waals surface area contributed by atoms with Crippen LogP contribution >= 0.6 is 11.3 Å². The van der Waals surface area contributed by atoms with E-state index < -0.39 is 0 Å². The van der Waals surface area contributed by atoms with Gasteiger partial charge in [0.1, 0.15) is 11.1 Å². The molecular weight excluding hydrogens is 284 g/mol. The molecule has 1 aromatic heterocycles. The average molecular weight is 312 g/mol. The number of methoxy groups -OCH3 is 1. The van der Waals surface area contributed by atoms with Gasteiger partial charge in [-0.05, 0) is 46.5 Å². The molecule has 1 atom stereocenters. The van der Waals surface area contributed by atoms with Crippen molar-refractivity contribution in [2.45, 2.75) is 65.3 Å².